The first-order valence-corrected chi connectivity index (χ1v) is 12.3. The van der Waals surface area contributed by atoms with Crippen LogP contribution in [0.25, 0.3) is 0 Å². The lowest BCUT2D eigenvalue weighted by molar-refractivity contribution is -0.137. The van der Waals surface area contributed by atoms with Crippen LogP contribution in [-0.4, -0.2) is 44.8 Å². The Bertz CT molecular complexity index is 1120. The van der Waals surface area contributed by atoms with Crippen molar-refractivity contribution in [3.8, 4) is 0 Å². The van der Waals surface area contributed by atoms with E-state index in [9.17, 15) is 31.5 Å². The summed E-state index contributed by atoms with van der Waals surface area (Å²) >= 11 is 6.45. The van der Waals surface area contributed by atoms with Gasteiger partial charge in [0.1, 0.15) is 0 Å². The van der Waals surface area contributed by atoms with Crippen LogP contribution < -0.4 is 14.9 Å². The predicted molar refractivity (Wildman–Crippen MR) is 119 cm³/mol. The van der Waals surface area contributed by atoms with Crippen molar-refractivity contribution in [2.24, 2.45) is 0 Å². The molecule has 174 valence electrons. The van der Waals surface area contributed by atoms with Gasteiger partial charge < -0.3 is 10.4 Å². The zero-order chi connectivity index (χ0) is 23.7. The van der Waals surface area contributed by atoms with Crippen LogP contribution in [0.4, 0.5) is 23.7 Å². The molecule has 3 rings (SSSR count). The van der Waals surface area contributed by atoms with Crippen molar-refractivity contribution in [1.82, 2.24) is 10.0 Å². The minimum Gasteiger partial charge on any atom is -0.465 e. The first-order chi connectivity index (χ1) is 14.9. The van der Waals surface area contributed by atoms with Crippen LogP contribution in [0.3, 0.4) is 0 Å². The molecule has 0 unspecified atom stereocenters. The first-order valence-electron chi connectivity index (χ1n) is 9.25. The van der Waals surface area contributed by atoms with Gasteiger partial charge in [0.2, 0.25) is 10.0 Å². The van der Waals surface area contributed by atoms with Gasteiger partial charge in [0, 0.05) is 39.8 Å². The lowest BCUT2D eigenvalue weighted by Gasteiger charge is -2.24. The Morgan fingerprint density at radius 1 is 1.22 bits per heavy atom. The highest BCUT2D eigenvalue weighted by Crippen LogP contribution is 2.32. The summed E-state index contributed by atoms with van der Waals surface area (Å²) in [5.41, 5.74) is -1.07. The molecule has 0 bridgehead atoms. The average molecular weight is 601 g/mol. The average Bonchev–Trinajstić information content (AvgIpc) is 3.13. The molecule has 0 saturated carbocycles. The number of benzene rings is 2. The summed E-state index contributed by atoms with van der Waals surface area (Å²) in [7, 11) is -3.86. The Balaban J connectivity index is 1.70. The number of anilines is 1. The molecule has 0 aliphatic carbocycles. The normalized spacial score (nSPS) is 19.2. The standard InChI is InChI=1S/C19H18Br2F3N3O4S/c20-12-4-5-16(21)17(7-12)32(30,31)26-13-8-14(25-9-13)10-27(18(28)29)15-3-1-2-11(6-15)19(22,23)24/h1-7,13-14,25-26H,8-10H2,(H,28,29)/t13-,14-/m1/s1. The second-order valence-corrected chi connectivity index (χ2v) is 10.6. The van der Waals surface area contributed by atoms with Gasteiger partial charge in [0.05, 0.1) is 10.5 Å². The Morgan fingerprint density at radius 2 is 1.94 bits per heavy atom. The molecule has 2 atom stereocenters. The number of halogens is 5. The predicted octanol–water partition coefficient (Wildman–Crippen LogP) is 4.42. The molecule has 1 fully saturated rings. The smallest absolute Gasteiger partial charge is 0.416 e. The Labute approximate surface area is 199 Å². The topological polar surface area (TPSA) is 98.7 Å². The highest BCUT2D eigenvalue weighted by Gasteiger charge is 2.34. The molecule has 32 heavy (non-hydrogen) atoms. The molecule has 0 spiro atoms. The number of nitrogens with one attached hydrogen (secondary N) is 2. The van der Waals surface area contributed by atoms with Crippen molar-refractivity contribution in [2.75, 3.05) is 18.0 Å². The molecule has 3 N–H and O–H groups in total. The molecule has 1 aliphatic heterocycles. The van der Waals surface area contributed by atoms with E-state index in [1.807, 2.05) is 0 Å². The molecule has 2 aromatic rings. The van der Waals surface area contributed by atoms with Gasteiger partial charge in [-0.05, 0) is 58.7 Å². The van der Waals surface area contributed by atoms with Crippen molar-refractivity contribution >= 4 is 53.7 Å². The van der Waals surface area contributed by atoms with Gasteiger partial charge in [0.15, 0.2) is 0 Å². The number of carboxylic acid groups (broad SMARTS) is 1. The van der Waals surface area contributed by atoms with Crippen LogP contribution in [0.5, 0.6) is 0 Å². The fourth-order valence-electron chi connectivity index (χ4n) is 3.38. The van der Waals surface area contributed by atoms with Crippen molar-refractivity contribution in [3.63, 3.8) is 0 Å². The third-order valence-electron chi connectivity index (χ3n) is 4.85. The summed E-state index contributed by atoms with van der Waals surface area (Å²) in [6.45, 7) is 0.0982. The summed E-state index contributed by atoms with van der Waals surface area (Å²) in [5, 5.41) is 12.6. The van der Waals surface area contributed by atoms with Crippen molar-refractivity contribution < 1.29 is 31.5 Å². The van der Waals surface area contributed by atoms with Crippen LogP contribution in [0.1, 0.15) is 12.0 Å². The SMILES string of the molecule is O=C(O)N(C[C@H]1C[C@@H](NS(=O)(=O)c2cc(Br)ccc2Br)CN1)c1cccc(C(F)(F)F)c1. The highest BCUT2D eigenvalue weighted by atomic mass is 79.9. The maximum Gasteiger partial charge on any atom is 0.416 e. The van der Waals surface area contributed by atoms with Crippen molar-refractivity contribution in [1.29, 1.82) is 0 Å². The number of nitrogens with zero attached hydrogens (tertiary/aromatic N) is 1. The summed E-state index contributed by atoms with van der Waals surface area (Å²) < 4.78 is 68.0. The number of hydrogen-bond donors (Lipinski definition) is 3. The molecule has 1 aliphatic rings. The number of hydrogen-bond acceptors (Lipinski definition) is 4. The maximum absolute atomic E-state index is 13.0. The number of amides is 1. The fraction of sp³-hybridized carbons (Fsp3) is 0.316. The molecule has 7 nitrogen and oxygen atoms in total. The molecule has 2 aromatic carbocycles. The van der Waals surface area contributed by atoms with Gasteiger partial charge in [-0.3, -0.25) is 4.90 Å². The van der Waals surface area contributed by atoms with Crippen LogP contribution in [-0.2, 0) is 16.2 Å². The quantitative estimate of drug-likeness (QED) is 0.456. The summed E-state index contributed by atoms with van der Waals surface area (Å²) in [5.74, 6) is 0. The molecule has 0 radical (unpaired) electrons. The number of alkyl halides is 3. The van der Waals surface area contributed by atoms with Gasteiger partial charge in [-0.2, -0.15) is 13.2 Å². The van der Waals surface area contributed by atoms with Gasteiger partial charge in [-0.15, -0.1) is 0 Å². The van der Waals surface area contributed by atoms with E-state index in [4.69, 9.17) is 0 Å². The minimum absolute atomic E-state index is 0.0476. The number of carbonyl (C=O) groups is 1. The lowest BCUT2D eigenvalue weighted by atomic mass is 10.1. The third kappa shape index (κ3) is 6.01. The van der Waals surface area contributed by atoms with E-state index in [1.165, 1.54) is 12.1 Å². The Morgan fingerprint density at radius 3 is 2.59 bits per heavy atom. The van der Waals surface area contributed by atoms with Crippen LogP contribution in [0.15, 0.2) is 56.3 Å². The zero-order valence-electron chi connectivity index (χ0n) is 16.2. The second-order valence-electron chi connectivity index (χ2n) is 7.18. The van der Waals surface area contributed by atoms with Gasteiger partial charge in [-0.25, -0.2) is 17.9 Å². The van der Waals surface area contributed by atoms with Crippen LogP contribution in [0, 0.1) is 0 Å². The van der Waals surface area contributed by atoms with E-state index in [0.29, 0.717) is 8.95 Å². The first kappa shape index (κ1) is 25.0. The molecule has 1 amide bonds. The Hall–Kier alpha value is -1.67. The fourth-order valence-corrected chi connectivity index (χ4v) is 6.13. The molecule has 13 heteroatoms. The monoisotopic (exact) mass is 599 g/mol. The van der Waals surface area contributed by atoms with Gasteiger partial charge in [-0.1, -0.05) is 22.0 Å². The molecule has 0 aromatic heterocycles. The summed E-state index contributed by atoms with van der Waals surface area (Å²) in [6.07, 6.45) is -5.75. The van der Waals surface area contributed by atoms with E-state index in [-0.39, 0.29) is 30.1 Å². The van der Waals surface area contributed by atoms with Gasteiger partial charge >= 0.3 is 12.3 Å². The summed E-state index contributed by atoms with van der Waals surface area (Å²) in [6, 6.07) is 7.81. The summed E-state index contributed by atoms with van der Waals surface area (Å²) in [4.78, 5) is 12.6. The minimum atomic E-state index is -4.60. The van der Waals surface area contributed by atoms with Crippen LogP contribution >= 0.6 is 31.9 Å². The molecular weight excluding hydrogens is 583 g/mol. The second kappa shape index (κ2) is 9.67. The van der Waals surface area contributed by atoms with E-state index < -0.39 is 39.9 Å². The van der Waals surface area contributed by atoms with E-state index in [2.05, 4.69) is 41.9 Å². The van der Waals surface area contributed by atoms with E-state index in [0.717, 1.165) is 23.1 Å². The lowest BCUT2D eigenvalue weighted by Crippen LogP contribution is -2.40. The molecule has 1 heterocycles. The van der Waals surface area contributed by atoms with E-state index >= 15 is 0 Å². The van der Waals surface area contributed by atoms with Gasteiger partial charge in [0.25, 0.3) is 0 Å². The number of rotatable bonds is 6. The molecule has 1 saturated heterocycles. The van der Waals surface area contributed by atoms with Crippen molar-refractivity contribution in [2.45, 2.75) is 29.6 Å². The van der Waals surface area contributed by atoms with E-state index in [1.54, 1.807) is 12.1 Å². The third-order valence-corrected chi connectivity index (χ3v) is 7.85. The highest BCUT2D eigenvalue weighted by molar-refractivity contribution is 9.11. The largest absolute Gasteiger partial charge is 0.465 e. The zero-order valence-corrected chi connectivity index (χ0v) is 20.2. The van der Waals surface area contributed by atoms with Crippen molar-refractivity contribution in [3.05, 3.63) is 57.0 Å². The Kier molecular flexibility index (Phi) is 7.55. The maximum atomic E-state index is 13.0. The number of sulfonamides is 1. The molecular formula is C19H18Br2F3N3O4S. The van der Waals surface area contributed by atoms with Crippen LogP contribution in [0.2, 0.25) is 0 Å².